The van der Waals surface area contributed by atoms with Crippen LogP contribution in [0.4, 0.5) is 0 Å². The molecule has 128 valence electrons. The molecule has 0 fully saturated rings. The molecule has 1 aromatic rings. The van der Waals surface area contributed by atoms with E-state index in [0.29, 0.717) is 30.3 Å². The van der Waals surface area contributed by atoms with Gasteiger partial charge in [0.25, 0.3) is 5.91 Å². The number of hydrogen-bond acceptors (Lipinski definition) is 3. The summed E-state index contributed by atoms with van der Waals surface area (Å²) in [7, 11) is 0. The number of carbonyl (C=O) groups is 2. The highest BCUT2D eigenvalue weighted by Gasteiger charge is 2.21. The Bertz CT molecular complexity index is 508. The molecule has 1 rings (SSSR count). The van der Waals surface area contributed by atoms with E-state index in [2.05, 4.69) is 19.2 Å². The van der Waals surface area contributed by atoms with Gasteiger partial charge < -0.3 is 15.2 Å². The van der Waals surface area contributed by atoms with Crippen LogP contribution in [0, 0.1) is 11.8 Å². The number of amides is 1. The van der Waals surface area contributed by atoms with E-state index in [9.17, 15) is 9.59 Å². The zero-order chi connectivity index (χ0) is 17.4. The first-order valence-corrected chi connectivity index (χ1v) is 8.06. The Balaban J connectivity index is 2.60. The summed E-state index contributed by atoms with van der Waals surface area (Å²) in [5.74, 6) is 0.0775. The zero-order valence-electron chi connectivity index (χ0n) is 14.3. The van der Waals surface area contributed by atoms with Gasteiger partial charge in [-0.3, -0.25) is 4.79 Å². The van der Waals surface area contributed by atoms with Crippen LogP contribution >= 0.6 is 0 Å². The summed E-state index contributed by atoms with van der Waals surface area (Å²) < 4.78 is 5.60. The average molecular weight is 321 g/mol. The van der Waals surface area contributed by atoms with Crippen LogP contribution in [-0.4, -0.2) is 29.6 Å². The number of benzene rings is 1. The van der Waals surface area contributed by atoms with Crippen LogP contribution < -0.4 is 10.1 Å². The van der Waals surface area contributed by atoms with Crippen molar-refractivity contribution in [1.29, 1.82) is 0 Å². The van der Waals surface area contributed by atoms with E-state index in [4.69, 9.17) is 9.84 Å². The molecule has 0 unspecified atom stereocenters. The number of ether oxygens (including phenoxy) is 1. The molecule has 5 heteroatoms. The molecule has 0 aliphatic heterocycles. The third-order valence-corrected chi connectivity index (χ3v) is 3.39. The van der Waals surface area contributed by atoms with E-state index in [-0.39, 0.29) is 11.8 Å². The van der Waals surface area contributed by atoms with Gasteiger partial charge in [0.1, 0.15) is 11.8 Å². The molecule has 0 aliphatic rings. The number of carbonyl (C=O) groups excluding carboxylic acids is 1. The van der Waals surface area contributed by atoms with Gasteiger partial charge in [0.05, 0.1) is 6.61 Å². The minimum atomic E-state index is -1.01. The quantitative estimate of drug-likeness (QED) is 0.731. The molecule has 0 aliphatic carbocycles. The molecule has 5 nitrogen and oxygen atoms in total. The van der Waals surface area contributed by atoms with Crippen molar-refractivity contribution < 1.29 is 19.4 Å². The van der Waals surface area contributed by atoms with Crippen molar-refractivity contribution in [2.75, 3.05) is 6.61 Å². The predicted octanol–water partition coefficient (Wildman–Crippen LogP) is 3.34. The van der Waals surface area contributed by atoms with E-state index in [1.807, 2.05) is 13.8 Å². The summed E-state index contributed by atoms with van der Waals surface area (Å²) in [6.45, 7) is 8.75. The highest BCUT2D eigenvalue weighted by molar-refractivity contribution is 5.96. The van der Waals surface area contributed by atoms with E-state index < -0.39 is 12.0 Å². The molecule has 1 aromatic carbocycles. The van der Waals surface area contributed by atoms with E-state index >= 15 is 0 Å². The van der Waals surface area contributed by atoms with Gasteiger partial charge in [-0.15, -0.1) is 0 Å². The van der Waals surface area contributed by atoms with Crippen LogP contribution in [0.3, 0.4) is 0 Å². The van der Waals surface area contributed by atoms with Crippen molar-refractivity contribution in [3.8, 4) is 5.75 Å². The van der Waals surface area contributed by atoms with Crippen LogP contribution in [0.5, 0.6) is 5.75 Å². The Kier molecular flexibility index (Phi) is 7.59. The number of carboxylic acids is 1. The largest absolute Gasteiger partial charge is 0.494 e. The summed E-state index contributed by atoms with van der Waals surface area (Å²) >= 11 is 0. The Morgan fingerprint density at radius 3 is 2.17 bits per heavy atom. The average Bonchev–Trinajstić information content (AvgIpc) is 2.46. The molecule has 0 heterocycles. The van der Waals surface area contributed by atoms with Crippen LogP contribution in [0.25, 0.3) is 0 Å². The molecule has 0 radical (unpaired) electrons. The van der Waals surface area contributed by atoms with Crippen molar-refractivity contribution in [2.24, 2.45) is 11.8 Å². The molecule has 1 atom stereocenters. The second-order valence-corrected chi connectivity index (χ2v) is 6.55. The lowest BCUT2D eigenvalue weighted by Crippen LogP contribution is -2.41. The number of rotatable bonds is 9. The Morgan fingerprint density at radius 2 is 1.70 bits per heavy atom. The molecular formula is C18H27NO4. The highest BCUT2D eigenvalue weighted by Crippen LogP contribution is 2.14. The molecule has 1 amide bonds. The number of carboxylic acid groups (broad SMARTS) is 1. The molecular weight excluding hydrogens is 294 g/mol. The Morgan fingerprint density at radius 1 is 1.09 bits per heavy atom. The first kappa shape index (κ1) is 19.0. The summed E-state index contributed by atoms with van der Waals surface area (Å²) in [6, 6.07) is 5.88. The SMILES string of the molecule is CC(C)CCOc1ccc(C(=O)N[C@H](CC(C)C)C(=O)O)cc1. The van der Waals surface area contributed by atoms with Crippen molar-refractivity contribution in [1.82, 2.24) is 5.32 Å². The van der Waals surface area contributed by atoms with Crippen molar-refractivity contribution in [2.45, 2.75) is 46.6 Å². The highest BCUT2D eigenvalue weighted by atomic mass is 16.5. The summed E-state index contributed by atoms with van der Waals surface area (Å²) in [6.07, 6.45) is 1.37. The van der Waals surface area contributed by atoms with Crippen molar-refractivity contribution in [3.05, 3.63) is 29.8 Å². The molecule has 0 saturated heterocycles. The lowest BCUT2D eigenvalue weighted by molar-refractivity contribution is -0.139. The van der Waals surface area contributed by atoms with E-state index in [1.54, 1.807) is 24.3 Å². The maximum atomic E-state index is 12.1. The number of aliphatic carboxylic acids is 1. The summed E-state index contributed by atoms with van der Waals surface area (Å²) in [5, 5.41) is 11.7. The molecule has 2 N–H and O–H groups in total. The van der Waals surface area contributed by atoms with Crippen molar-refractivity contribution >= 4 is 11.9 Å². The maximum absolute atomic E-state index is 12.1. The Labute approximate surface area is 138 Å². The van der Waals surface area contributed by atoms with E-state index in [0.717, 1.165) is 6.42 Å². The van der Waals surface area contributed by atoms with Gasteiger partial charge in [-0.05, 0) is 48.9 Å². The fraction of sp³-hybridized carbons (Fsp3) is 0.556. The first-order chi connectivity index (χ1) is 10.8. The lowest BCUT2D eigenvalue weighted by Gasteiger charge is -2.16. The maximum Gasteiger partial charge on any atom is 0.326 e. The molecule has 0 saturated carbocycles. The minimum absolute atomic E-state index is 0.188. The van der Waals surface area contributed by atoms with Crippen LogP contribution in [0.1, 0.15) is 50.9 Å². The fourth-order valence-corrected chi connectivity index (χ4v) is 2.05. The van der Waals surface area contributed by atoms with Gasteiger partial charge >= 0.3 is 5.97 Å². The standard InChI is InChI=1S/C18H27NO4/c1-12(2)9-10-23-15-7-5-14(6-8-15)17(20)19-16(18(21)22)11-13(3)4/h5-8,12-13,16H,9-11H2,1-4H3,(H,19,20)(H,21,22)/t16-/m1/s1. The van der Waals surface area contributed by atoms with Gasteiger partial charge in [-0.2, -0.15) is 0 Å². The van der Waals surface area contributed by atoms with Gasteiger partial charge in [0.2, 0.25) is 0 Å². The van der Waals surface area contributed by atoms with Gasteiger partial charge in [-0.1, -0.05) is 27.7 Å². The second-order valence-electron chi connectivity index (χ2n) is 6.55. The lowest BCUT2D eigenvalue weighted by atomic mass is 10.0. The van der Waals surface area contributed by atoms with E-state index in [1.165, 1.54) is 0 Å². The molecule has 23 heavy (non-hydrogen) atoms. The van der Waals surface area contributed by atoms with Gasteiger partial charge in [0, 0.05) is 5.56 Å². The van der Waals surface area contributed by atoms with Crippen LogP contribution in [0.15, 0.2) is 24.3 Å². The topological polar surface area (TPSA) is 75.6 Å². The zero-order valence-corrected chi connectivity index (χ0v) is 14.3. The van der Waals surface area contributed by atoms with Gasteiger partial charge in [-0.25, -0.2) is 4.79 Å². The first-order valence-electron chi connectivity index (χ1n) is 8.06. The van der Waals surface area contributed by atoms with Gasteiger partial charge in [0.15, 0.2) is 0 Å². The molecule has 0 bridgehead atoms. The molecule has 0 spiro atoms. The second kappa shape index (κ2) is 9.18. The van der Waals surface area contributed by atoms with Crippen LogP contribution in [-0.2, 0) is 4.79 Å². The summed E-state index contributed by atoms with van der Waals surface area (Å²) in [4.78, 5) is 23.3. The monoisotopic (exact) mass is 321 g/mol. The normalized spacial score (nSPS) is 12.3. The predicted molar refractivity (Wildman–Crippen MR) is 89.7 cm³/mol. The summed E-state index contributed by atoms with van der Waals surface area (Å²) in [5.41, 5.74) is 0.427. The number of hydrogen-bond donors (Lipinski definition) is 2. The third-order valence-electron chi connectivity index (χ3n) is 3.39. The Hall–Kier alpha value is -2.04. The minimum Gasteiger partial charge on any atom is -0.494 e. The third kappa shape index (κ3) is 7.17. The number of nitrogens with one attached hydrogen (secondary N) is 1. The fourth-order valence-electron chi connectivity index (χ4n) is 2.05. The smallest absolute Gasteiger partial charge is 0.326 e. The molecule has 0 aromatic heterocycles. The van der Waals surface area contributed by atoms with Crippen LogP contribution in [0.2, 0.25) is 0 Å². The van der Waals surface area contributed by atoms with Crippen molar-refractivity contribution in [3.63, 3.8) is 0 Å².